The fraction of sp³-hybridized carbons (Fsp3) is 0.429. The Balaban J connectivity index is 2.70. The molecule has 12 heavy (non-hydrogen) atoms. The Labute approximate surface area is 69.4 Å². The zero-order chi connectivity index (χ0) is 8.97. The van der Waals surface area contributed by atoms with Crippen LogP contribution in [0.2, 0.25) is 0 Å². The highest BCUT2D eigenvalue weighted by Crippen LogP contribution is 2.05. The molecule has 5 heteroatoms. The van der Waals surface area contributed by atoms with Crippen LogP contribution in [-0.2, 0) is 11.3 Å². The Bertz CT molecular complexity index is 269. The van der Waals surface area contributed by atoms with Crippen LogP contribution >= 0.6 is 0 Å². The van der Waals surface area contributed by atoms with Gasteiger partial charge in [0.2, 0.25) is 0 Å². The summed E-state index contributed by atoms with van der Waals surface area (Å²) < 4.78 is 5.05. The van der Waals surface area contributed by atoms with Gasteiger partial charge >= 0.3 is 5.97 Å². The highest BCUT2D eigenvalue weighted by molar-refractivity contribution is 5.86. The summed E-state index contributed by atoms with van der Waals surface area (Å²) in [6.07, 6.45) is 1.46. The normalized spacial score (nSPS) is 10.1. The summed E-state index contributed by atoms with van der Waals surface area (Å²) in [7, 11) is 0. The molecule has 0 atom stereocenters. The summed E-state index contributed by atoms with van der Waals surface area (Å²) >= 11 is 0. The topological polar surface area (TPSA) is 75.2 Å². The third-order valence-corrected chi connectivity index (χ3v) is 1.39. The number of aromatic nitrogens is 2. The minimum Gasteiger partial charge on any atom is -0.477 e. The average Bonchev–Trinajstić information content (AvgIpc) is 2.48. The second kappa shape index (κ2) is 3.87. The molecule has 0 aliphatic carbocycles. The van der Waals surface area contributed by atoms with Crippen LogP contribution in [0.3, 0.4) is 0 Å². The van der Waals surface area contributed by atoms with Gasteiger partial charge in [0.25, 0.3) is 0 Å². The SMILES string of the molecule is CCOCc1cn[nH]c1C(=O)O. The first-order chi connectivity index (χ1) is 5.75. The first-order valence-electron chi connectivity index (χ1n) is 3.59. The molecule has 0 aromatic carbocycles. The summed E-state index contributed by atoms with van der Waals surface area (Å²) in [5.74, 6) is -1.01. The van der Waals surface area contributed by atoms with Gasteiger partial charge in [0.15, 0.2) is 0 Å². The number of nitrogens with one attached hydrogen (secondary N) is 1. The molecule has 0 saturated heterocycles. The van der Waals surface area contributed by atoms with E-state index in [0.29, 0.717) is 12.2 Å². The Kier molecular flexibility index (Phi) is 2.82. The number of H-pyrrole nitrogens is 1. The van der Waals surface area contributed by atoms with Crippen LogP contribution in [0, 0.1) is 0 Å². The number of ether oxygens (including phenoxy) is 1. The Morgan fingerprint density at radius 1 is 1.83 bits per heavy atom. The largest absolute Gasteiger partial charge is 0.477 e. The maximum atomic E-state index is 10.5. The van der Waals surface area contributed by atoms with Crippen molar-refractivity contribution in [3.8, 4) is 0 Å². The van der Waals surface area contributed by atoms with Crippen LogP contribution in [0.1, 0.15) is 23.0 Å². The molecule has 1 rings (SSSR count). The summed E-state index contributed by atoms with van der Waals surface area (Å²) in [5, 5.41) is 14.6. The molecule has 0 fully saturated rings. The van der Waals surface area contributed by atoms with Gasteiger partial charge in [-0.15, -0.1) is 0 Å². The minimum absolute atomic E-state index is 0.100. The number of nitrogens with zero attached hydrogens (tertiary/aromatic N) is 1. The lowest BCUT2D eigenvalue weighted by atomic mass is 10.3. The average molecular weight is 170 g/mol. The van der Waals surface area contributed by atoms with Crippen LogP contribution in [-0.4, -0.2) is 27.9 Å². The van der Waals surface area contributed by atoms with E-state index in [4.69, 9.17) is 9.84 Å². The zero-order valence-corrected chi connectivity index (χ0v) is 6.70. The molecule has 0 bridgehead atoms. The molecular weight excluding hydrogens is 160 g/mol. The minimum atomic E-state index is -1.01. The summed E-state index contributed by atoms with van der Waals surface area (Å²) in [6, 6.07) is 0. The summed E-state index contributed by atoms with van der Waals surface area (Å²) in [6.45, 7) is 2.69. The van der Waals surface area contributed by atoms with Crippen molar-refractivity contribution in [3.05, 3.63) is 17.5 Å². The van der Waals surface area contributed by atoms with Crippen molar-refractivity contribution in [1.82, 2.24) is 10.2 Å². The molecule has 0 spiro atoms. The number of aromatic amines is 1. The number of carbonyl (C=O) groups is 1. The third kappa shape index (κ3) is 1.82. The predicted octanol–water partition coefficient (Wildman–Crippen LogP) is 0.644. The number of hydrogen-bond donors (Lipinski definition) is 2. The van der Waals surface area contributed by atoms with Crippen molar-refractivity contribution in [2.24, 2.45) is 0 Å². The van der Waals surface area contributed by atoms with Crippen molar-refractivity contribution >= 4 is 5.97 Å². The van der Waals surface area contributed by atoms with Gasteiger partial charge in [-0.3, -0.25) is 5.10 Å². The van der Waals surface area contributed by atoms with Crippen LogP contribution in [0.15, 0.2) is 6.20 Å². The predicted molar refractivity (Wildman–Crippen MR) is 40.9 cm³/mol. The van der Waals surface area contributed by atoms with E-state index in [0.717, 1.165) is 0 Å². The maximum absolute atomic E-state index is 10.5. The van der Waals surface area contributed by atoms with Crippen molar-refractivity contribution in [1.29, 1.82) is 0 Å². The fourth-order valence-corrected chi connectivity index (χ4v) is 0.818. The molecule has 0 amide bonds. The van der Waals surface area contributed by atoms with Crippen LogP contribution in [0.4, 0.5) is 0 Å². The smallest absolute Gasteiger partial charge is 0.354 e. The van der Waals surface area contributed by atoms with Crippen molar-refractivity contribution in [2.75, 3.05) is 6.61 Å². The molecule has 0 unspecified atom stereocenters. The third-order valence-electron chi connectivity index (χ3n) is 1.39. The quantitative estimate of drug-likeness (QED) is 0.695. The molecular formula is C7H10N2O3. The molecule has 1 aromatic rings. The highest BCUT2D eigenvalue weighted by Gasteiger charge is 2.11. The molecule has 1 heterocycles. The molecule has 0 saturated carbocycles. The van der Waals surface area contributed by atoms with Crippen LogP contribution in [0.5, 0.6) is 0 Å². The standard InChI is InChI=1S/C7H10N2O3/c1-2-12-4-5-3-8-9-6(5)7(10)11/h3H,2,4H2,1H3,(H,8,9)(H,10,11). The molecule has 0 aliphatic heterocycles. The number of carboxylic acids is 1. The molecule has 2 N–H and O–H groups in total. The van der Waals surface area contributed by atoms with Crippen LogP contribution in [0.25, 0.3) is 0 Å². The second-order valence-electron chi connectivity index (χ2n) is 2.21. The van der Waals surface area contributed by atoms with Gasteiger partial charge in [0.05, 0.1) is 12.8 Å². The van der Waals surface area contributed by atoms with Gasteiger partial charge in [-0.05, 0) is 6.92 Å². The Hall–Kier alpha value is -1.36. The molecule has 66 valence electrons. The van der Waals surface area contributed by atoms with Gasteiger partial charge in [-0.2, -0.15) is 5.10 Å². The van der Waals surface area contributed by atoms with Gasteiger partial charge in [0, 0.05) is 12.2 Å². The Morgan fingerprint density at radius 3 is 3.17 bits per heavy atom. The van der Waals surface area contributed by atoms with E-state index in [2.05, 4.69) is 10.2 Å². The van der Waals surface area contributed by atoms with E-state index in [9.17, 15) is 4.79 Å². The fourth-order valence-electron chi connectivity index (χ4n) is 0.818. The van der Waals surface area contributed by atoms with E-state index in [1.807, 2.05) is 6.92 Å². The second-order valence-corrected chi connectivity index (χ2v) is 2.21. The molecule has 0 aliphatic rings. The molecule has 0 radical (unpaired) electrons. The van der Waals surface area contributed by atoms with E-state index >= 15 is 0 Å². The highest BCUT2D eigenvalue weighted by atomic mass is 16.5. The lowest BCUT2D eigenvalue weighted by molar-refractivity contribution is 0.0682. The monoisotopic (exact) mass is 170 g/mol. The van der Waals surface area contributed by atoms with Gasteiger partial charge in [-0.25, -0.2) is 4.79 Å². The van der Waals surface area contributed by atoms with Gasteiger partial charge < -0.3 is 9.84 Å². The number of hydrogen-bond acceptors (Lipinski definition) is 3. The number of aromatic carboxylic acids is 1. The Morgan fingerprint density at radius 2 is 2.58 bits per heavy atom. The lowest BCUT2D eigenvalue weighted by Gasteiger charge is -1.98. The van der Waals surface area contributed by atoms with E-state index in [1.165, 1.54) is 6.20 Å². The molecule has 5 nitrogen and oxygen atoms in total. The van der Waals surface area contributed by atoms with Crippen molar-refractivity contribution in [2.45, 2.75) is 13.5 Å². The van der Waals surface area contributed by atoms with E-state index in [1.54, 1.807) is 0 Å². The van der Waals surface area contributed by atoms with Gasteiger partial charge in [0.1, 0.15) is 5.69 Å². The molecule has 1 aromatic heterocycles. The number of rotatable bonds is 4. The van der Waals surface area contributed by atoms with Crippen molar-refractivity contribution in [3.63, 3.8) is 0 Å². The zero-order valence-electron chi connectivity index (χ0n) is 6.70. The van der Waals surface area contributed by atoms with E-state index in [-0.39, 0.29) is 12.3 Å². The number of carboxylic acid groups (broad SMARTS) is 1. The van der Waals surface area contributed by atoms with Crippen LogP contribution < -0.4 is 0 Å². The summed E-state index contributed by atoms with van der Waals surface area (Å²) in [4.78, 5) is 10.5. The first kappa shape index (κ1) is 8.73. The van der Waals surface area contributed by atoms with E-state index < -0.39 is 5.97 Å². The van der Waals surface area contributed by atoms with Crippen molar-refractivity contribution < 1.29 is 14.6 Å². The maximum Gasteiger partial charge on any atom is 0.354 e. The first-order valence-corrected chi connectivity index (χ1v) is 3.59. The summed E-state index contributed by atoms with van der Waals surface area (Å²) in [5.41, 5.74) is 0.674. The lowest BCUT2D eigenvalue weighted by Crippen LogP contribution is -2.02. The van der Waals surface area contributed by atoms with Gasteiger partial charge in [-0.1, -0.05) is 0 Å².